The minimum absolute atomic E-state index is 0. The molecule has 30 N–H and O–H groups in total. The van der Waals surface area contributed by atoms with Crippen LogP contribution in [0.3, 0.4) is 0 Å². The van der Waals surface area contributed by atoms with Crippen LogP contribution in [0.2, 0.25) is 0 Å². The Morgan fingerprint density at radius 1 is 0.625 bits per heavy atom. The third-order valence-corrected chi connectivity index (χ3v) is 0. The summed E-state index contributed by atoms with van der Waals surface area (Å²) in [7, 11) is -10.3. The van der Waals surface area contributed by atoms with E-state index >= 15 is 0 Å². The predicted octanol–water partition coefficient (Wildman–Crippen LogP) is -16.2. The first-order valence-electron chi connectivity index (χ1n) is 11.6. The second-order valence-electron chi connectivity index (χ2n) is 0.816. The van der Waals surface area contributed by atoms with Crippen molar-refractivity contribution in [2.45, 2.75) is 0 Å². The molecule has 0 spiro atoms. The van der Waals surface area contributed by atoms with E-state index in [0.717, 1.165) is 0 Å². The van der Waals surface area contributed by atoms with Gasteiger partial charge in [-0.25, -0.2) is 0 Å². The molecule has 0 aromatic rings. The van der Waals surface area contributed by atoms with Gasteiger partial charge in [0.1, 0.15) is 0 Å². The molecule has 0 aliphatic rings. The minimum atomic E-state index is -5.17. The zero-order chi connectivity index (χ0) is 41.5. The van der Waals surface area contributed by atoms with Gasteiger partial charge >= 0.3 is 86.1 Å². The van der Waals surface area contributed by atoms with Crippen LogP contribution >= 0.6 is 0 Å². The molecule has 0 atom stereocenters. The number of rotatable bonds is 0. The molecule has 0 amide bonds. The molecule has 0 aromatic heterocycles. The molecule has 0 fully saturated rings. The van der Waals surface area contributed by atoms with E-state index in [9.17, 15) is 0 Å². The van der Waals surface area contributed by atoms with Crippen molar-refractivity contribution >= 4 is 20.8 Å². The molecule has 0 aliphatic heterocycles. The molecule has 24 heteroatoms. The molecule has 0 aromatic carbocycles. The van der Waals surface area contributed by atoms with Gasteiger partial charge in [-0.15, -0.1) is 0 Å². The fourth-order valence-corrected chi connectivity index (χ4v) is 0. The zero-order valence-corrected chi connectivity index (χ0v) is 20.0. The van der Waals surface area contributed by atoms with Crippen LogP contribution in [-0.2, 0) is 72.2 Å². The van der Waals surface area contributed by atoms with E-state index in [4.69, 9.17) is 69.4 Å². The van der Waals surface area contributed by atoms with Crippen LogP contribution in [0, 0.1) is 0 Å². The SMILES string of the molecule is O=S(=O)([O-])[O-].O=S(=O)([O-])[O-].[2H]O[2H].[2H]O[2H].[2H]O[2H].[2H]O[2H].[2H]O[2H].[2H]O[2H].[2H][OH+][2H].[2H][OH+][2H].[2H][OH+][2H].[2H][OH+][2H].[2H][OH+][2H].[2H][OH+][2H].[Cs+].[V]. The van der Waals surface area contributed by atoms with E-state index in [-0.39, 0.29) is 87.4 Å². The van der Waals surface area contributed by atoms with E-state index in [1.807, 2.05) is 32.9 Å². The third-order valence-electron chi connectivity index (χ3n) is 0. The van der Waals surface area contributed by atoms with Gasteiger partial charge in [-0.3, -0.25) is 16.8 Å². The van der Waals surface area contributed by atoms with Crippen LogP contribution in [-0.4, -0.2) is 102 Å². The van der Waals surface area contributed by atoms with Gasteiger partial charge in [0, 0.05) is 39.4 Å². The molecule has 0 saturated carbocycles. The quantitative estimate of drug-likeness (QED) is 0.141. The van der Waals surface area contributed by atoms with E-state index in [1.165, 1.54) is 0 Å². The molecule has 20 nitrogen and oxygen atoms in total. The Balaban J connectivity index is -0.0000000164. The molecule has 0 rings (SSSR count). The first kappa shape index (κ1) is 14.0. The summed E-state index contributed by atoms with van der Waals surface area (Å²) >= 11 is 0. The summed E-state index contributed by atoms with van der Waals surface area (Å²) in [6, 6.07) is 0. The average molecular weight is 622 g/mol. The summed E-state index contributed by atoms with van der Waals surface area (Å²) in [5, 5.41) is 0. The monoisotopic (exact) mass is 622 g/mol. The van der Waals surface area contributed by atoms with Crippen molar-refractivity contribution in [1.82, 2.24) is 0 Å². The van der Waals surface area contributed by atoms with Crippen molar-refractivity contribution in [3.05, 3.63) is 0 Å². The fraction of sp³-hybridized carbons (Fsp3) is 0. The number of hydrogen-bond acceptors (Lipinski definition) is 8. The summed E-state index contributed by atoms with van der Waals surface area (Å²) < 4.78 is 199. The second-order valence-corrected chi connectivity index (χ2v) is 2.45. The van der Waals surface area contributed by atoms with Crippen molar-refractivity contribution in [2.75, 3.05) is 0 Å². The van der Waals surface area contributed by atoms with Gasteiger partial charge in [0.05, 0.1) is 0 Å². The van der Waals surface area contributed by atoms with Crippen LogP contribution in [0.5, 0.6) is 0 Å². The van der Waals surface area contributed by atoms with Crippen molar-refractivity contribution in [3.8, 4) is 0 Å². The molecular formula is H30CsO20S2V+3. The van der Waals surface area contributed by atoms with E-state index in [2.05, 4.69) is 32.9 Å². The summed E-state index contributed by atoms with van der Waals surface area (Å²) in [6.07, 6.45) is 0. The van der Waals surface area contributed by atoms with Gasteiger partial charge in [0.2, 0.25) is 17.2 Å². The average Bonchev–Trinajstić information content (AvgIpc) is 2.83. The summed E-state index contributed by atoms with van der Waals surface area (Å²) in [5.74, 6) is 0. The molecule has 0 unspecified atom stereocenters. The molecule has 0 bridgehead atoms. The van der Waals surface area contributed by atoms with Crippen LogP contribution in [0.1, 0.15) is 0 Å². The summed E-state index contributed by atoms with van der Waals surface area (Å²) in [5.41, 5.74) is 28.5. The summed E-state index contributed by atoms with van der Waals surface area (Å²) in [4.78, 5) is 0. The minimum Gasteiger partial charge on any atom is -0.759 e. The molecule has 24 heavy (non-hydrogen) atoms. The maximum atomic E-state index is 8.52. The Morgan fingerprint density at radius 3 is 0.625 bits per heavy atom. The van der Waals surface area contributed by atoms with Crippen LogP contribution in [0.25, 0.3) is 0 Å². The summed E-state index contributed by atoms with van der Waals surface area (Å²) in [6.45, 7) is 0. The van der Waals surface area contributed by atoms with E-state index in [0.29, 0.717) is 0 Å². The van der Waals surface area contributed by atoms with Crippen LogP contribution in [0.4, 0.5) is 0 Å². The first-order chi connectivity index (χ1) is 21.0. The standard InChI is InChI=1S/Cs.2H2O4S.12H2O.V/c;2*1-5(2,3)4;;;;;;;;;;;;;/h;2*(H2,1,2,3,4);12*1H2;/q+1;;;;;;;;;;;;;;;/p+2/i/hD24. The maximum Gasteiger partial charge on any atom is 1.00 e. The van der Waals surface area contributed by atoms with Gasteiger partial charge < -0.3 is 84.0 Å². The second kappa shape index (κ2) is 73.6. The van der Waals surface area contributed by atoms with Gasteiger partial charge in [0.15, 0.2) is 0 Å². The van der Waals surface area contributed by atoms with Crippen molar-refractivity contribution in [3.63, 3.8) is 0 Å². The third kappa shape index (κ3) is 3480. The Hall–Kier alpha value is 1.90. The predicted molar refractivity (Wildman–Crippen MR) is 71.9 cm³/mol. The fourth-order valence-electron chi connectivity index (χ4n) is 0. The Bertz CT molecular complexity index is 382. The number of hydrogen-bond donors (Lipinski definition) is 0. The van der Waals surface area contributed by atoms with Gasteiger partial charge in [-0.2, -0.15) is 0 Å². The van der Waals surface area contributed by atoms with E-state index < -0.39 is 20.8 Å². The Labute approximate surface area is 242 Å². The maximum absolute atomic E-state index is 8.52. The van der Waals surface area contributed by atoms with Crippen molar-refractivity contribution < 1.29 is 188 Å². The van der Waals surface area contributed by atoms with Crippen molar-refractivity contribution in [1.29, 1.82) is 34.3 Å². The van der Waals surface area contributed by atoms with Crippen LogP contribution < -0.4 is 68.9 Å². The molecule has 0 aliphatic carbocycles. The Morgan fingerprint density at radius 2 is 0.625 bits per heavy atom. The molecule has 0 heterocycles. The van der Waals surface area contributed by atoms with Crippen molar-refractivity contribution in [2.24, 2.45) is 0 Å². The van der Waals surface area contributed by atoms with Gasteiger partial charge in [-0.1, -0.05) is 0 Å². The normalized spacial score (nSPS) is 14.8. The van der Waals surface area contributed by atoms with Crippen LogP contribution in [0.15, 0.2) is 0 Å². The first-order valence-corrected chi connectivity index (χ1v) is 4.00. The molecule has 1 radical (unpaired) electrons. The van der Waals surface area contributed by atoms with Gasteiger partial charge in [0.25, 0.3) is 0 Å². The molecule has 0 saturated heterocycles. The molecular weight excluding hydrogens is 568 g/mol. The smallest absolute Gasteiger partial charge is 0.759 e. The Kier molecular flexibility index (Phi) is 42.9. The molecule has 165 valence electrons. The topological polar surface area (TPSA) is 548 Å². The van der Waals surface area contributed by atoms with E-state index in [1.54, 1.807) is 0 Å². The van der Waals surface area contributed by atoms with Gasteiger partial charge in [-0.05, 0) is 0 Å². The largest absolute Gasteiger partial charge is 1.00 e. The zero-order valence-electron chi connectivity index (χ0n) is 34.7.